The Kier molecular flexibility index (Phi) is 5.13. The first kappa shape index (κ1) is 19.0. The summed E-state index contributed by atoms with van der Waals surface area (Å²) in [5.41, 5.74) is 1.22. The zero-order valence-corrected chi connectivity index (χ0v) is 17.1. The summed E-state index contributed by atoms with van der Waals surface area (Å²) in [6, 6.07) is 7.78. The highest BCUT2D eigenvalue weighted by Gasteiger charge is 2.53. The third-order valence-corrected chi connectivity index (χ3v) is 6.38. The van der Waals surface area contributed by atoms with Crippen molar-refractivity contribution in [1.29, 1.82) is 0 Å². The van der Waals surface area contributed by atoms with E-state index in [1.807, 2.05) is 30.6 Å². The monoisotopic (exact) mass is 382 g/mol. The molecule has 0 bridgehead atoms. The van der Waals surface area contributed by atoms with E-state index in [1.165, 1.54) is 19.3 Å². The Morgan fingerprint density at radius 1 is 1.29 bits per heavy atom. The van der Waals surface area contributed by atoms with Crippen LogP contribution < -0.4 is 4.74 Å². The normalized spacial score (nSPS) is 20.6. The standard InChI is InChI=1S/C22H30N4O2/c1-16(2)12-26-15-23-24-21(26)19-13-25(14-22(19)9-4-10-22)20(27)11-17-5-7-18(28-3)8-6-17/h5-8,15-16,19H,4,9-14H2,1-3H3. The van der Waals surface area contributed by atoms with E-state index in [1.54, 1.807) is 7.11 Å². The van der Waals surface area contributed by atoms with Crippen molar-refractivity contribution in [3.05, 3.63) is 42.0 Å². The van der Waals surface area contributed by atoms with Crippen molar-refractivity contribution in [2.75, 3.05) is 20.2 Å². The molecule has 1 aliphatic heterocycles. The summed E-state index contributed by atoms with van der Waals surface area (Å²) < 4.78 is 7.41. The lowest BCUT2D eigenvalue weighted by Crippen LogP contribution is -2.38. The van der Waals surface area contributed by atoms with E-state index >= 15 is 0 Å². The molecular weight excluding hydrogens is 352 g/mol. The predicted octanol–water partition coefficient (Wildman–Crippen LogP) is 3.28. The highest BCUT2D eigenvalue weighted by Crippen LogP contribution is 2.55. The van der Waals surface area contributed by atoms with Crippen LogP contribution in [0.5, 0.6) is 5.75 Å². The first-order valence-corrected chi connectivity index (χ1v) is 10.3. The van der Waals surface area contributed by atoms with Gasteiger partial charge in [-0.05, 0) is 41.9 Å². The second-order valence-corrected chi connectivity index (χ2v) is 8.80. The van der Waals surface area contributed by atoms with E-state index in [9.17, 15) is 4.79 Å². The van der Waals surface area contributed by atoms with Gasteiger partial charge in [0.25, 0.3) is 0 Å². The zero-order chi connectivity index (χ0) is 19.7. The van der Waals surface area contributed by atoms with E-state index in [2.05, 4.69) is 33.5 Å². The Bertz CT molecular complexity index is 823. The van der Waals surface area contributed by atoms with Crippen LogP contribution in [0, 0.1) is 11.3 Å². The molecule has 0 N–H and O–H groups in total. The third-order valence-electron chi connectivity index (χ3n) is 6.38. The van der Waals surface area contributed by atoms with Crippen molar-refractivity contribution in [2.24, 2.45) is 11.3 Å². The highest BCUT2D eigenvalue weighted by atomic mass is 16.5. The molecule has 150 valence electrons. The van der Waals surface area contributed by atoms with Crippen LogP contribution in [0.4, 0.5) is 0 Å². The van der Waals surface area contributed by atoms with Crippen molar-refractivity contribution >= 4 is 5.91 Å². The lowest BCUT2D eigenvalue weighted by atomic mass is 9.62. The minimum atomic E-state index is 0.192. The fraction of sp³-hybridized carbons (Fsp3) is 0.591. The minimum Gasteiger partial charge on any atom is -0.497 e. The van der Waals surface area contributed by atoms with Gasteiger partial charge in [-0.3, -0.25) is 4.79 Å². The molecule has 1 amide bonds. The summed E-state index contributed by atoms with van der Waals surface area (Å²) >= 11 is 0. The van der Waals surface area contributed by atoms with Crippen LogP contribution in [0.15, 0.2) is 30.6 Å². The summed E-state index contributed by atoms with van der Waals surface area (Å²) in [4.78, 5) is 15.1. The van der Waals surface area contributed by atoms with Gasteiger partial charge in [-0.1, -0.05) is 32.4 Å². The summed E-state index contributed by atoms with van der Waals surface area (Å²) in [5.74, 6) is 2.92. The van der Waals surface area contributed by atoms with Gasteiger partial charge < -0.3 is 14.2 Å². The number of nitrogens with zero attached hydrogens (tertiary/aromatic N) is 4. The molecule has 1 unspecified atom stereocenters. The van der Waals surface area contributed by atoms with Gasteiger partial charge in [0.2, 0.25) is 5.91 Å². The fourth-order valence-corrected chi connectivity index (χ4v) is 4.75. The average molecular weight is 383 g/mol. The molecule has 1 aliphatic carbocycles. The van der Waals surface area contributed by atoms with E-state index < -0.39 is 0 Å². The number of benzene rings is 1. The third kappa shape index (κ3) is 3.52. The second-order valence-electron chi connectivity index (χ2n) is 8.80. The number of likely N-dealkylation sites (tertiary alicyclic amines) is 1. The number of ether oxygens (including phenoxy) is 1. The largest absolute Gasteiger partial charge is 0.497 e. The fourth-order valence-electron chi connectivity index (χ4n) is 4.75. The quantitative estimate of drug-likeness (QED) is 0.769. The van der Waals surface area contributed by atoms with E-state index in [-0.39, 0.29) is 11.3 Å². The molecule has 1 spiro atoms. The van der Waals surface area contributed by atoms with Crippen LogP contribution in [0.25, 0.3) is 0 Å². The molecule has 6 heteroatoms. The Morgan fingerprint density at radius 2 is 2.04 bits per heavy atom. The number of carbonyl (C=O) groups excluding carboxylic acids is 1. The average Bonchev–Trinajstić information content (AvgIpc) is 3.25. The van der Waals surface area contributed by atoms with E-state index in [0.717, 1.165) is 36.8 Å². The van der Waals surface area contributed by atoms with Gasteiger partial charge in [0, 0.05) is 25.6 Å². The topological polar surface area (TPSA) is 60.2 Å². The molecule has 1 atom stereocenters. The lowest BCUT2D eigenvalue weighted by Gasteiger charge is -2.42. The van der Waals surface area contributed by atoms with Crippen molar-refractivity contribution in [1.82, 2.24) is 19.7 Å². The summed E-state index contributed by atoms with van der Waals surface area (Å²) in [5, 5.41) is 8.68. The Labute approximate surface area is 166 Å². The van der Waals surface area contributed by atoms with Gasteiger partial charge in [0.05, 0.1) is 13.5 Å². The molecule has 4 rings (SSSR count). The number of aromatic nitrogens is 3. The van der Waals surface area contributed by atoms with Crippen LogP contribution in [-0.4, -0.2) is 45.8 Å². The molecule has 6 nitrogen and oxygen atoms in total. The van der Waals surface area contributed by atoms with Crippen LogP contribution in [-0.2, 0) is 17.8 Å². The van der Waals surface area contributed by atoms with Crippen LogP contribution >= 0.6 is 0 Å². The molecule has 2 aliphatic rings. The first-order valence-electron chi connectivity index (χ1n) is 10.3. The molecule has 1 aromatic carbocycles. The molecule has 1 saturated heterocycles. The number of hydrogen-bond donors (Lipinski definition) is 0. The van der Waals surface area contributed by atoms with Gasteiger partial charge in [0.1, 0.15) is 17.9 Å². The summed E-state index contributed by atoms with van der Waals surface area (Å²) in [6.07, 6.45) is 5.89. The highest BCUT2D eigenvalue weighted by molar-refractivity contribution is 5.79. The number of hydrogen-bond acceptors (Lipinski definition) is 4. The molecule has 28 heavy (non-hydrogen) atoms. The van der Waals surface area contributed by atoms with Crippen LogP contribution in [0.2, 0.25) is 0 Å². The lowest BCUT2D eigenvalue weighted by molar-refractivity contribution is -0.130. The summed E-state index contributed by atoms with van der Waals surface area (Å²) in [7, 11) is 1.65. The maximum Gasteiger partial charge on any atom is 0.227 e. The molecule has 0 radical (unpaired) electrons. The maximum atomic E-state index is 13.0. The Morgan fingerprint density at radius 3 is 2.64 bits per heavy atom. The van der Waals surface area contributed by atoms with E-state index in [0.29, 0.717) is 18.3 Å². The van der Waals surface area contributed by atoms with E-state index in [4.69, 9.17) is 4.74 Å². The summed E-state index contributed by atoms with van der Waals surface area (Å²) in [6.45, 7) is 6.95. The van der Waals surface area contributed by atoms with Crippen molar-refractivity contribution in [3.8, 4) is 5.75 Å². The molecular formula is C22H30N4O2. The smallest absolute Gasteiger partial charge is 0.227 e. The zero-order valence-electron chi connectivity index (χ0n) is 17.1. The predicted molar refractivity (Wildman–Crippen MR) is 107 cm³/mol. The van der Waals surface area contributed by atoms with Crippen molar-refractivity contribution < 1.29 is 9.53 Å². The number of carbonyl (C=O) groups is 1. The first-order chi connectivity index (χ1) is 13.5. The molecule has 2 aromatic rings. The Hall–Kier alpha value is -2.37. The van der Waals surface area contributed by atoms with Crippen LogP contribution in [0.1, 0.15) is 50.4 Å². The molecule has 1 saturated carbocycles. The van der Waals surface area contributed by atoms with Crippen molar-refractivity contribution in [2.45, 2.75) is 52.0 Å². The molecule has 2 heterocycles. The maximum absolute atomic E-state index is 13.0. The number of rotatable bonds is 6. The van der Waals surface area contributed by atoms with Gasteiger partial charge in [-0.15, -0.1) is 10.2 Å². The minimum absolute atomic E-state index is 0.192. The number of amides is 1. The number of methoxy groups -OCH3 is 1. The van der Waals surface area contributed by atoms with Crippen LogP contribution in [0.3, 0.4) is 0 Å². The van der Waals surface area contributed by atoms with Gasteiger partial charge in [-0.2, -0.15) is 0 Å². The van der Waals surface area contributed by atoms with Gasteiger partial charge >= 0.3 is 0 Å². The SMILES string of the molecule is COc1ccc(CC(=O)N2CC(c3nncn3CC(C)C)C3(CCC3)C2)cc1. The molecule has 1 aromatic heterocycles. The Balaban J connectivity index is 1.50. The van der Waals surface area contributed by atoms with Crippen molar-refractivity contribution in [3.63, 3.8) is 0 Å². The van der Waals surface area contributed by atoms with Gasteiger partial charge in [0.15, 0.2) is 0 Å². The van der Waals surface area contributed by atoms with Gasteiger partial charge in [-0.25, -0.2) is 0 Å². The second kappa shape index (κ2) is 7.57. The molecule has 2 fully saturated rings.